The molecular formula is C23H20N2. The predicted octanol–water partition coefficient (Wildman–Crippen LogP) is 5.15. The molecule has 0 atom stereocenters. The minimum Gasteiger partial charge on any atom is -0.312 e. The Bertz CT molecular complexity index is 1030. The highest BCUT2D eigenvalue weighted by atomic mass is 15.2. The van der Waals surface area contributed by atoms with Crippen molar-refractivity contribution in [1.82, 2.24) is 9.47 Å². The van der Waals surface area contributed by atoms with Crippen LogP contribution >= 0.6 is 0 Å². The van der Waals surface area contributed by atoms with Crippen LogP contribution in [0, 0.1) is 0 Å². The van der Waals surface area contributed by atoms with Crippen LogP contribution in [0.2, 0.25) is 0 Å². The average Bonchev–Trinajstić information content (AvgIpc) is 2.93. The highest BCUT2D eigenvalue weighted by molar-refractivity contribution is 5.83. The van der Waals surface area contributed by atoms with E-state index in [-0.39, 0.29) is 0 Å². The lowest BCUT2D eigenvalue weighted by Crippen LogP contribution is -2.21. The van der Waals surface area contributed by atoms with Gasteiger partial charge >= 0.3 is 0 Å². The molecule has 3 aromatic carbocycles. The Morgan fingerprint density at radius 1 is 0.720 bits per heavy atom. The summed E-state index contributed by atoms with van der Waals surface area (Å²) in [5, 5.41) is 1.31. The normalized spacial score (nSPS) is 14.1. The molecule has 25 heavy (non-hydrogen) atoms. The number of rotatable bonds is 2. The Kier molecular flexibility index (Phi) is 3.43. The standard InChI is InChI=1S/C23H20N2/c1-2-8-18(9-3-1)15-24-16-20-11-5-7-13-23(20)25-21(17-24)14-19-10-4-6-12-22(19)25/h1-14H,15-17H2. The van der Waals surface area contributed by atoms with Crippen LogP contribution in [0.5, 0.6) is 0 Å². The highest BCUT2D eigenvalue weighted by Gasteiger charge is 2.21. The van der Waals surface area contributed by atoms with Gasteiger partial charge in [0.2, 0.25) is 0 Å². The lowest BCUT2D eigenvalue weighted by molar-refractivity contribution is 0.248. The summed E-state index contributed by atoms with van der Waals surface area (Å²) in [6.07, 6.45) is 0. The quantitative estimate of drug-likeness (QED) is 0.495. The molecule has 0 unspecified atom stereocenters. The Labute approximate surface area is 147 Å². The van der Waals surface area contributed by atoms with E-state index in [1.165, 1.54) is 33.4 Å². The van der Waals surface area contributed by atoms with Gasteiger partial charge in [-0.3, -0.25) is 4.90 Å². The molecule has 1 aromatic heterocycles. The van der Waals surface area contributed by atoms with Gasteiger partial charge in [0.05, 0.1) is 11.2 Å². The second-order valence-corrected chi connectivity index (χ2v) is 6.79. The first-order chi connectivity index (χ1) is 12.4. The van der Waals surface area contributed by atoms with Crippen LogP contribution in [0.4, 0.5) is 0 Å². The fraction of sp³-hybridized carbons (Fsp3) is 0.130. The number of hydrogen-bond donors (Lipinski definition) is 0. The van der Waals surface area contributed by atoms with Gasteiger partial charge in [0.25, 0.3) is 0 Å². The lowest BCUT2D eigenvalue weighted by Gasteiger charge is -2.20. The first kappa shape index (κ1) is 14.5. The predicted molar refractivity (Wildman–Crippen MR) is 103 cm³/mol. The van der Waals surface area contributed by atoms with E-state index in [1.807, 2.05) is 0 Å². The van der Waals surface area contributed by atoms with Crippen molar-refractivity contribution in [3.63, 3.8) is 0 Å². The molecular weight excluding hydrogens is 304 g/mol. The van der Waals surface area contributed by atoms with E-state index < -0.39 is 0 Å². The van der Waals surface area contributed by atoms with Gasteiger partial charge < -0.3 is 4.57 Å². The molecule has 2 heteroatoms. The first-order valence-corrected chi connectivity index (χ1v) is 8.82. The maximum atomic E-state index is 2.53. The molecule has 1 aliphatic heterocycles. The number of hydrogen-bond acceptors (Lipinski definition) is 1. The van der Waals surface area contributed by atoms with Gasteiger partial charge in [-0.25, -0.2) is 0 Å². The molecule has 122 valence electrons. The molecule has 0 bridgehead atoms. The second kappa shape index (κ2) is 5.91. The lowest BCUT2D eigenvalue weighted by atomic mass is 10.1. The Hall–Kier alpha value is -2.84. The highest BCUT2D eigenvalue weighted by Crippen LogP contribution is 2.31. The summed E-state index contributed by atoms with van der Waals surface area (Å²) in [4.78, 5) is 2.53. The van der Waals surface area contributed by atoms with E-state index in [4.69, 9.17) is 0 Å². The molecule has 5 rings (SSSR count). The summed E-state index contributed by atoms with van der Waals surface area (Å²) in [7, 11) is 0. The molecule has 0 radical (unpaired) electrons. The van der Waals surface area contributed by atoms with Crippen molar-refractivity contribution >= 4 is 10.9 Å². The van der Waals surface area contributed by atoms with Crippen LogP contribution < -0.4 is 0 Å². The van der Waals surface area contributed by atoms with Crippen LogP contribution in [0.15, 0.2) is 84.9 Å². The van der Waals surface area contributed by atoms with Crippen LogP contribution in [0.3, 0.4) is 0 Å². The summed E-state index contributed by atoms with van der Waals surface area (Å²) in [5.41, 5.74) is 6.73. The van der Waals surface area contributed by atoms with Crippen LogP contribution in [-0.4, -0.2) is 9.47 Å². The van der Waals surface area contributed by atoms with Crippen molar-refractivity contribution in [2.45, 2.75) is 19.6 Å². The van der Waals surface area contributed by atoms with Crippen LogP contribution in [-0.2, 0) is 19.6 Å². The molecule has 0 saturated carbocycles. The zero-order valence-electron chi connectivity index (χ0n) is 14.1. The van der Waals surface area contributed by atoms with Gasteiger partial charge in [-0.1, -0.05) is 66.7 Å². The molecule has 2 nitrogen and oxygen atoms in total. The van der Waals surface area contributed by atoms with Gasteiger partial charge in [-0.15, -0.1) is 0 Å². The largest absolute Gasteiger partial charge is 0.312 e. The number of fused-ring (bicyclic) bond motifs is 5. The van der Waals surface area contributed by atoms with Gasteiger partial charge in [-0.2, -0.15) is 0 Å². The third kappa shape index (κ3) is 2.55. The monoisotopic (exact) mass is 324 g/mol. The zero-order valence-corrected chi connectivity index (χ0v) is 14.1. The number of aromatic nitrogens is 1. The SMILES string of the molecule is c1ccc(CN2Cc3ccccc3-n3c(cc4ccccc43)C2)cc1. The van der Waals surface area contributed by atoms with Crippen molar-refractivity contribution in [2.24, 2.45) is 0 Å². The Balaban J connectivity index is 1.65. The van der Waals surface area contributed by atoms with E-state index in [9.17, 15) is 0 Å². The minimum absolute atomic E-state index is 0.957. The molecule has 0 spiro atoms. The molecule has 2 heterocycles. The minimum atomic E-state index is 0.957. The fourth-order valence-corrected chi connectivity index (χ4v) is 3.95. The summed E-state index contributed by atoms with van der Waals surface area (Å²) >= 11 is 0. The van der Waals surface area contributed by atoms with Crippen molar-refractivity contribution < 1.29 is 0 Å². The molecule has 0 saturated heterocycles. The number of para-hydroxylation sites is 2. The first-order valence-electron chi connectivity index (χ1n) is 8.82. The average molecular weight is 324 g/mol. The third-order valence-electron chi connectivity index (χ3n) is 5.05. The van der Waals surface area contributed by atoms with Gasteiger partial charge in [0.1, 0.15) is 0 Å². The Morgan fingerprint density at radius 2 is 1.48 bits per heavy atom. The number of benzene rings is 3. The summed E-state index contributed by atoms with van der Waals surface area (Å²) < 4.78 is 2.44. The van der Waals surface area contributed by atoms with E-state index >= 15 is 0 Å². The molecule has 0 amide bonds. The van der Waals surface area contributed by atoms with Crippen LogP contribution in [0.25, 0.3) is 16.6 Å². The summed E-state index contributed by atoms with van der Waals surface area (Å²) in [6, 6.07) is 30.6. The topological polar surface area (TPSA) is 8.17 Å². The molecule has 0 N–H and O–H groups in total. The van der Waals surface area contributed by atoms with E-state index in [2.05, 4.69) is 94.4 Å². The summed E-state index contributed by atoms with van der Waals surface area (Å²) in [5.74, 6) is 0. The maximum Gasteiger partial charge on any atom is 0.0532 e. The Morgan fingerprint density at radius 3 is 2.40 bits per heavy atom. The van der Waals surface area contributed by atoms with Crippen molar-refractivity contribution in [2.75, 3.05) is 0 Å². The van der Waals surface area contributed by atoms with E-state index in [0.29, 0.717) is 0 Å². The summed E-state index contributed by atoms with van der Waals surface area (Å²) in [6.45, 7) is 2.90. The maximum absolute atomic E-state index is 2.53. The van der Waals surface area contributed by atoms with Crippen molar-refractivity contribution in [1.29, 1.82) is 0 Å². The van der Waals surface area contributed by atoms with Gasteiger partial charge in [-0.05, 0) is 29.3 Å². The van der Waals surface area contributed by atoms with Gasteiger partial charge in [0.15, 0.2) is 0 Å². The smallest absolute Gasteiger partial charge is 0.0532 e. The number of nitrogens with zero attached hydrogens (tertiary/aromatic N) is 2. The molecule has 1 aliphatic rings. The van der Waals surface area contributed by atoms with Crippen molar-refractivity contribution in [3.8, 4) is 5.69 Å². The molecule has 0 aliphatic carbocycles. The van der Waals surface area contributed by atoms with Crippen molar-refractivity contribution in [3.05, 3.63) is 102 Å². The second-order valence-electron chi connectivity index (χ2n) is 6.79. The van der Waals surface area contributed by atoms with E-state index in [0.717, 1.165) is 19.6 Å². The molecule has 4 aromatic rings. The fourth-order valence-electron chi connectivity index (χ4n) is 3.95. The molecule has 0 fully saturated rings. The zero-order chi connectivity index (χ0) is 16.6. The third-order valence-corrected chi connectivity index (χ3v) is 5.05. The van der Waals surface area contributed by atoms with Gasteiger partial charge in [0, 0.05) is 30.7 Å². The van der Waals surface area contributed by atoms with E-state index in [1.54, 1.807) is 0 Å². The van der Waals surface area contributed by atoms with Crippen LogP contribution in [0.1, 0.15) is 16.8 Å².